The number of halogens is 2. The van der Waals surface area contributed by atoms with Crippen LogP contribution in [0.1, 0.15) is 33.3 Å². The van der Waals surface area contributed by atoms with Gasteiger partial charge in [-0.25, -0.2) is 19.2 Å². The number of imidazole rings is 1. The van der Waals surface area contributed by atoms with Crippen LogP contribution in [0, 0.1) is 31.5 Å². The Bertz CT molecular complexity index is 1080. The zero-order valence-corrected chi connectivity index (χ0v) is 15.5. The topological polar surface area (TPSA) is 69.9 Å². The lowest BCUT2D eigenvalue weighted by atomic mass is 10.2. The second kappa shape index (κ2) is 7.56. The molecule has 3 aromatic rings. The van der Waals surface area contributed by atoms with Crippen molar-refractivity contribution in [1.82, 2.24) is 19.5 Å². The second-order valence-electron chi connectivity index (χ2n) is 5.57. The first kappa shape index (κ1) is 18.5. The minimum absolute atomic E-state index is 0.0539. The quantitative estimate of drug-likeness (QED) is 0.385. The number of hydrogen-bond donors (Lipinski definition) is 0. The highest BCUT2D eigenvalue weighted by Crippen LogP contribution is 2.19. The smallest absolute Gasteiger partial charge is 0.374 e. The fourth-order valence-electron chi connectivity index (χ4n) is 2.40. The Morgan fingerprint density at radius 2 is 2.00 bits per heavy atom. The monoisotopic (exact) mass is 384 g/mol. The predicted octanol–water partition coefficient (Wildman–Crippen LogP) is 3.26. The zero-order chi connectivity index (χ0) is 19.6. The molecule has 0 spiro atoms. The molecule has 0 aliphatic rings. The molecular formula is C19H14ClFN4O2. The van der Waals surface area contributed by atoms with E-state index in [0.717, 1.165) is 5.69 Å². The summed E-state index contributed by atoms with van der Waals surface area (Å²) in [4.78, 5) is 24.3. The molecule has 6 nitrogen and oxygen atoms in total. The molecule has 0 amide bonds. The van der Waals surface area contributed by atoms with Crippen molar-refractivity contribution in [2.75, 3.05) is 7.11 Å². The Morgan fingerprint density at radius 3 is 2.67 bits per heavy atom. The summed E-state index contributed by atoms with van der Waals surface area (Å²) in [5.74, 6) is 4.18. The Labute approximate surface area is 160 Å². The van der Waals surface area contributed by atoms with E-state index < -0.39 is 11.8 Å². The average molecular weight is 385 g/mol. The SMILES string of the molecule is COC(=O)c1nc(C#Cc2ccnc(Cl)c2F)c(C)n1-c1ccc(C)nc1. The molecule has 8 heteroatoms. The molecule has 0 N–H and O–H groups in total. The van der Waals surface area contributed by atoms with Gasteiger partial charge in [0.25, 0.3) is 0 Å². The maximum absolute atomic E-state index is 14.0. The van der Waals surface area contributed by atoms with Gasteiger partial charge >= 0.3 is 5.97 Å². The van der Waals surface area contributed by atoms with Crippen LogP contribution in [0.3, 0.4) is 0 Å². The average Bonchev–Trinajstić information content (AvgIpc) is 2.99. The molecule has 0 saturated heterocycles. The van der Waals surface area contributed by atoms with Gasteiger partial charge in [-0.2, -0.15) is 0 Å². The van der Waals surface area contributed by atoms with Gasteiger partial charge < -0.3 is 4.74 Å². The van der Waals surface area contributed by atoms with Crippen LogP contribution in [0.15, 0.2) is 30.6 Å². The molecule has 0 aliphatic carbocycles. The first-order chi connectivity index (χ1) is 12.9. The Balaban J connectivity index is 2.13. The third-order valence-corrected chi connectivity index (χ3v) is 4.06. The van der Waals surface area contributed by atoms with Crippen LogP contribution in [0.25, 0.3) is 5.69 Å². The van der Waals surface area contributed by atoms with Crippen LogP contribution >= 0.6 is 11.6 Å². The van der Waals surface area contributed by atoms with E-state index in [2.05, 4.69) is 26.8 Å². The highest BCUT2D eigenvalue weighted by atomic mass is 35.5. The number of carbonyl (C=O) groups excluding carboxylic acids is 1. The van der Waals surface area contributed by atoms with Crippen LogP contribution < -0.4 is 0 Å². The van der Waals surface area contributed by atoms with Crippen molar-refractivity contribution in [3.05, 3.63) is 70.0 Å². The molecule has 3 aromatic heterocycles. The van der Waals surface area contributed by atoms with Gasteiger partial charge in [-0.05, 0) is 38.0 Å². The number of nitrogens with zero attached hydrogens (tertiary/aromatic N) is 4. The molecule has 0 bridgehead atoms. The molecule has 3 rings (SSSR count). The number of esters is 1. The number of methoxy groups -OCH3 is 1. The van der Waals surface area contributed by atoms with Crippen LogP contribution in [0.2, 0.25) is 5.15 Å². The minimum Gasteiger partial charge on any atom is -0.463 e. The van der Waals surface area contributed by atoms with Gasteiger partial charge in [0, 0.05) is 11.9 Å². The van der Waals surface area contributed by atoms with Crippen LogP contribution in [0.4, 0.5) is 4.39 Å². The van der Waals surface area contributed by atoms with E-state index in [0.29, 0.717) is 17.1 Å². The van der Waals surface area contributed by atoms with Gasteiger partial charge in [0.1, 0.15) is 5.69 Å². The normalized spacial score (nSPS) is 10.3. The number of carbonyl (C=O) groups is 1. The number of pyridine rings is 2. The van der Waals surface area contributed by atoms with Crippen molar-refractivity contribution >= 4 is 17.6 Å². The second-order valence-corrected chi connectivity index (χ2v) is 5.93. The van der Waals surface area contributed by atoms with Gasteiger partial charge in [0.05, 0.1) is 30.3 Å². The lowest BCUT2D eigenvalue weighted by Crippen LogP contribution is -2.11. The van der Waals surface area contributed by atoms with E-state index in [9.17, 15) is 9.18 Å². The Hall–Kier alpha value is -3.24. The van der Waals surface area contributed by atoms with Crippen molar-refractivity contribution in [2.45, 2.75) is 13.8 Å². The van der Waals surface area contributed by atoms with Crippen molar-refractivity contribution < 1.29 is 13.9 Å². The van der Waals surface area contributed by atoms with Crippen LogP contribution in [-0.4, -0.2) is 32.6 Å². The van der Waals surface area contributed by atoms with Crippen LogP contribution in [0.5, 0.6) is 0 Å². The lowest BCUT2D eigenvalue weighted by Gasteiger charge is -2.08. The Morgan fingerprint density at radius 1 is 1.22 bits per heavy atom. The van der Waals surface area contributed by atoms with Gasteiger partial charge in [0.15, 0.2) is 11.0 Å². The van der Waals surface area contributed by atoms with E-state index in [-0.39, 0.29) is 16.5 Å². The van der Waals surface area contributed by atoms with E-state index in [1.807, 2.05) is 19.1 Å². The number of aryl methyl sites for hydroxylation is 1. The van der Waals surface area contributed by atoms with Gasteiger partial charge in [-0.15, -0.1) is 0 Å². The van der Waals surface area contributed by atoms with E-state index in [4.69, 9.17) is 16.3 Å². The highest BCUT2D eigenvalue weighted by Gasteiger charge is 2.21. The molecular weight excluding hydrogens is 371 g/mol. The highest BCUT2D eigenvalue weighted by molar-refractivity contribution is 6.29. The van der Waals surface area contributed by atoms with Crippen molar-refractivity contribution in [2.24, 2.45) is 0 Å². The number of rotatable bonds is 2. The molecule has 0 radical (unpaired) electrons. The van der Waals surface area contributed by atoms with E-state index >= 15 is 0 Å². The third kappa shape index (κ3) is 3.66. The molecule has 3 heterocycles. The van der Waals surface area contributed by atoms with Gasteiger partial charge in [-0.1, -0.05) is 17.5 Å². The molecule has 0 atom stereocenters. The van der Waals surface area contributed by atoms with Crippen LogP contribution in [-0.2, 0) is 4.74 Å². The fourth-order valence-corrected chi connectivity index (χ4v) is 2.56. The fraction of sp³-hybridized carbons (Fsp3) is 0.158. The number of ether oxygens (including phenoxy) is 1. The molecule has 27 heavy (non-hydrogen) atoms. The summed E-state index contributed by atoms with van der Waals surface area (Å²) in [7, 11) is 1.27. The maximum Gasteiger partial charge on any atom is 0.374 e. The number of aromatic nitrogens is 4. The molecule has 0 aromatic carbocycles. The Kier molecular flexibility index (Phi) is 5.19. The first-order valence-electron chi connectivity index (χ1n) is 7.85. The predicted molar refractivity (Wildman–Crippen MR) is 97.4 cm³/mol. The minimum atomic E-state index is -0.709. The third-order valence-electron chi connectivity index (χ3n) is 3.79. The molecule has 0 fully saturated rings. The molecule has 0 unspecified atom stereocenters. The lowest BCUT2D eigenvalue weighted by molar-refractivity contribution is 0.0584. The zero-order valence-electron chi connectivity index (χ0n) is 14.7. The summed E-state index contributed by atoms with van der Waals surface area (Å²) in [6, 6.07) is 5.03. The molecule has 0 aliphatic heterocycles. The summed E-state index contributed by atoms with van der Waals surface area (Å²) in [5, 5.41) is -0.259. The molecule has 136 valence electrons. The standard InChI is InChI=1S/C19H14ClFN4O2/c1-11-4-6-14(10-23-11)25-12(2)15(24-18(25)19(26)27-3)7-5-13-8-9-22-17(20)16(13)21/h4,6,8-10H,1-3H3. The summed E-state index contributed by atoms with van der Waals surface area (Å²) in [6.07, 6.45) is 2.98. The van der Waals surface area contributed by atoms with Gasteiger partial charge in [0.2, 0.25) is 5.82 Å². The largest absolute Gasteiger partial charge is 0.463 e. The van der Waals surface area contributed by atoms with Crippen molar-refractivity contribution in [3.8, 4) is 17.5 Å². The van der Waals surface area contributed by atoms with E-state index in [1.54, 1.807) is 17.7 Å². The summed E-state index contributed by atoms with van der Waals surface area (Å²) < 4.78 is 20.4. The summed E-state index contributed by atoms with van der Waals surface area (Å²) in [5.41, 5.74) is 2.45. The van der Waals surface area contributed by atoms with E-state index in [1.165, 1.54) is 19.4 Å². The number of hydrogen-bond acceptors (Lipinski definition) is 5. The summed E-state index contributed by atoms with van der Waals surface area (Å²) >= 11 is 5.67. The van der Waals surface area contributed by atoms with Crippen molar-refractivity contribution in [3.63, 3.8) is 0 Å². The summed E-state index contributed by atoms with van der Waals surface area (Å²) in [6.45, 7) is 3.61. The van der Waals surface area contributed by atoms with Crippen molar-refractivity contribution in [1.29, 1.82) is 0 Å². The maximum atomic E-state index is 14.0. The van der Waals surface area contributed by atoms with Gasteiger partial charge in [-0.3, -0.25) is 9.55 Å². The molecule has 0 saturated carbocycles. The first-order valence-corrected chi connectivity index (χ1v) is 8.23.